The van der Waals surface area contributed by atoms with Crippen LogP contribution in [-0.2, 0) is 0 Å². The number of nitriles is 3. The third kappa shape index (κ3) is 6.03. The van der Waals surface area contributed by atoms with Crippen LogP contribution < -0.4 is 0 Å². The number of hydrogen-bond acceptors (Lipinski definition) is 6. The second-order valence-corrected chi connectivity index (χ2v) is 13.1. The summed E-state index contributed by atoms with van der Waals surface area (Å²) in [7, 11) is 0. The lowest BCUT2D eigenvalue weighted by Gasteiger charge is -2.15. The van der Waals surface area contributed by atoms with E-state index < -0.39 is 0 Å². The molecule has 0 unspecified atom stereocenters. The van der Waals surface area contributed by atoms with Gasteiger partial charge >= 0.3 is 0 Å². The average Bonchev–Trinajstić information content (AvgIpc) is 3.59. The molecule has 9 rings (SSSR count). The second kappa shape index (κ2) is 13.7. The summed E-state index contributed by atoms with van der Waals surface area (Å²) < 4.78 is 2.17. The molecule has 0 atom stereocenters. The molecule has 0 aliphatic rings. The van der Waals surface area contributed by atoms with Crippen LogP contribution in [0.2, 0.25) is 0 Å². The van der Waals surface area contributed by atoms with E-state index in [0.29, 0.717) is 34.2 Å². The van der Waals surface area contributed by atoms with Gasteiger partial charge in [-0.1, -0.05) is 97.1 Å². The first kappa shape index (κ1) is 32.7. The molecule has 0 saturated heterocycles. The first-order valence-electron chi connectivity index (χ1n) is 17.6. The van der Waals surface area contributed by atoms with Gasteiger partial charge in [0.25, 0.3) is 0 Å². The molecular weight excluding hydrogens is 675 g/mol. The van der Waals surface area contributed by atoms with Gasteiger partial charge in [-0.2, -0.15) is 15.8 Å². The Labute approximate surface area is 316 Å². The van der Waals surface area contributed by atoms with Crippen LogP contribution in [0.3, 0.4) is 0 Å². The lowest BCUT2D eigenvalue weighted by Crippen LogP contribution is -2.04. The molecular formula is C48H27N7. The van der Waals surface area contributed by atoms with Crippen LogP contribution in [0.1, 0.15) is 16.7 Å². The Morgan fingerprint density at radius 1 is 0.364 bits per heavy atom. The van der Waals surface area contributed by atoms with Gasteiger partial charge in [-0.25, -0.2) is 15.0 Å². The molecule has 0 aliphatic heterocycles. The Balaban J connectivity index is 1.33. The van der Waals surface area contributed by atoms with Gasteiger partial charge in [0.2, 0.25) is 0 Å². The molecule has 7 aromatic carbocycles. The maximum absolute atomic E-state index is 10.2. The van der Waals surface area contributed by atoms with Gasteiger partial charge in [-0.3, -0.25) is 0 Å². The van der Waals surface area contributed by atoms with Gasteiger partial charge in [-0.15, -0.1) is 0 Å². The quantitative estimate of drug-likeness (QED) is 0.170. The first-order chi connectivity index (χ1) is 27.1. The minimum Gasteiger partial charge on any atom is -0.308 e. The van der Waals surface area contributed by atoms with Crippen molar-refractivity contribution in [2.75, 3.05) is 0 Å². The summed E-state index contributed by atoms with van der Waals surface area (Å²) in [6.07, 6.45) is 0. The summed E-state index contributed by atoms with van der Waals surface area (Å²) in [5.74, 6) is 1.54. The fourth-order valence-electron chi connectivity index (χ4n) is 7.08. The topological polar surface area (TPSA) is 115 Å². The van der Waals surface area contributed by atoms with Gasteiger partial charge < -0.3 is 4.57 Å². The van der Waals surface area contributed by atoms with Crippen LogP contribution in [0.4, 0.5) is 0 Å². The Hall–Kier alpha value is -8.18. The average molecular weight is 702 g/mol. The van der Waals surface area contributed by atoms with E-state index in [4.69, 9.17) is 15.0 Å². The van der Waals surface area contributed by atoms with E-state index in [0.717, 1.165) is 66.4 Å². The standard InChI is InChI=1S/C48H27N7/c49-28-31-9-7-15-36(23-31)38-18-21-43-41(26-38)42-27-39(37-16-8-10-32(24-37)29-50)19-22-44(42)55(43)45-25-33(30-51)17-20-40(45)48-53-46(34-11-3-1-4-12-34)52-47(54-48)35-13-5-2-6-14-35/h1-27H. The van der Waals surface area contributed by atoms with Crippen LogP contribution in [0.5, 0.6) is 0 Å². The number of benzene rings is 7. The van der Waals surface area contributed by atoms with Crippen molar-refractivity contribution >= 4 is 21.8 Å². The minimum atomic E-state index is 0.470. The lowest BCUT2D eigenvalue weighted by atomic mass is 9.99. The monoisotopic (exact) mass is 701 g/mol. The minimum absolute atomic E-state index is 0.470. The highest BCUT2D eigenvalue weighted by Gasteiger charge is 2.21. The van der Waals surface area contributed by atoms with Crippen molar-refractivity contribution in [3.05, 3.63) is 180 Å². The molecule has 2 heterocycles. The van der Waals surface area contributed by atoms with Crippen LogP contribution in [-0.4, -0.2) is 19.5 Å². The van der Waals surface area contributed by atoms with E-state index in [-0.39, 0.29) is 0 Å². The maximum Gasteiger partial charge on any atom is 0.166 e. The molecule has 0 spiro atoms. The zero-order valence-corrected chi connectivity index (χ0v) is 29.2. The van der Waals surface area contributed by atoms with Gasteiger partial charge in [0.15, 0.2) is 17.5 Å². The summed E-state index contributed by atoms with van der Waals surface area (Å²) in [4.78, 5) is 15.0. The van der Waals surface area contributed by atoms with Crippen LogP contribution in [0, 0.1) is 34.0 Å². The molecule has 0 radical (unpaired) electrons. The summed E-state index contributed by atoms with van der Waals surface area (Å²) in [5.41, 5.74) is 10.4. The van der Waals surface area contributed by atoms with Gasteiger partial charge in [0.1, 0.15) is 0 Å². The molecule has 9 aromatic rings. The van der Waals surface area contributed by atoms with Crippen molar-refractivity contribution in [3.63, 3.8) is 0 Å². The third-order valence-corrected chi connectivity index (χ3v) is 9.72. The zero-order valence-electron chi connectivity index (χ0n) is 29.2. The van der Waals surface area contributed by atoms with E-state index in [1.165, 1.54) is 0 Å². The second-order valence-electron chi connectivity index (χ2n) is 13.1. The lowest BCUT2D eigenvalue weighted by molar-refractivity contribution is 1.06. The maximum atomic E-state index is 10.2. The van der Waals surface area contributed by atoms with Crippen LogP contribution >= 0.6 is 0 Å². The Bertz CT molecular complexity index is 2900. The van der Waals surface area contributed by atoms with Crippen molar-refractivity contribution in [2.45, 2.75) is 0 Å². The zero-order chi connectivity index (χ0) is 37.3. The third-order valence-electron chi connectivity index (χ3n) is 9.72. The summed E-state index contributed by atoms with van der Waals surface area (Å²) in [5, 5.41) is 31.4. The predicted molar refractivity (Wildman–Crippen MR) is 215 cm³/mol. The van der Waals surface area contributed by atoms with Crippen molar-refractivity contribution < 1.29 is 0 Å². The largest absolute Gasteiger partial charge is 0.308 e. The number of rotatable bonds is 6. The highest BCUT2D eigenvalue weighted by Crippen LogP contribution is 2.40. The SMILES string of the molecule is N#Cc1cccc(-c2ccc3c(c2)c2cc(-c4cccc(C#N)c4)ccc2n3-c2cc(C#N)ccc2-c2nc(-c3ccccc3)nc(-c3ccccc3)n2)c1. The smallest absolute Gasteiger partial charge is 0.166 e. The van der Waals surface area contributed by atoms with E-state index in [1.54, 1.807) is 18.2 Å². The van der Waals surface area contributed by atoms with E-state index >= 15 is 0 Å². The fraction of sp³-hybridized carbons (Fsp3) is 0. The summed E-state index contributed by atoms with van der Waals surface area (Å²) in [6, 6.07) is 59.9. The summed E-state index contributed by atoms with van der Waals surface area (Å²) in [6.45, 7) is 0. The predicted octanol–water partition coefficient (Wildman–Crippen LogP) is 10.9. The Morgan fingerprint density at radius 3 is 1.29 bits per heavy atom. The van der Waals surface area contributed by atoms with Gasteiger partial charge in [0, 0.05) is 27.5 Å². The number of hydrogen-bond donors (Lipinski definition) is 0. The molecule has 2 aromatic heterocycles. The normalized spacial score (nSPS) is 10.9. The highest BCUT2D eigenvalue weighted by atomic mass is 15.1. The molecule has 7 nitrogen and oxygen atoms in total. The molecule has 0 aliphatic carbocycles. The Morgan fingerprint density at radius 2 is 0.800 bits per heavy atom. The van der Waals surface area contributed by atoms with Crippen molar-refractivity contribution in [1.82, 2.24) is 19.5 Å². The van der Waals surface area contributed by atoms with Crippen molar-refractivity contribution in [1.29, 1.82) is 15.8 Å². The van der Waals surface area contributed by atoms with Gasteiger partial charge in [0.05, 0.1) is 51.6 Å². The van der Waals surface area contributed by atoms with Crippen LogP contribution in [0.15, 0.2) is 164 Å². The fourth-order valence-corrected chi connectivity index (χ4v) is 7.08. The summed E-state index contributed by atoms with van der Waals surface area (Å²) >= 11 is 0. The molecule has 0 bridgehead atoms. The van der Waals surface area contributed by atoms with E-state index in [9.17, 15) is 15.8 Å². The molecule has 0 amide bonds. The van der Waals surface area contributed by atoms with Crippen LogP contribution in [0.25, 0.3) is 83.9 Å². The van der Waals surface area contributed by atoms with Gasteiger partial charge in [-0.05, 0) is 89.0 Å². The highest BCUT2D eigenvalue weighted by molar-refractivity contribution is 6.12. The number of nitrogens with zero attached hydrogens (tertiary/aromatic N) is 7. The number of aromatic nitrogens is 4. The first-order valence-corrected chi connectivity index (χ1v) is 17.6. The van der Waals surface area contributed by atoms with Crippen molar-refractivity contribution in [3.8, 4) is 80.3 Å². The van der Waals surface area contributed by atoms with E-state index in [1.807, 2.05) is 109 Å². The molecule has 0 N–H and O–H groups in total. The molecule has 0 fully saturated rings. The van der Waals surface area contributed by atoms with Crippen molar-refractivity contribution in [2.24, 2.45) is 0 Å². The molecule has 254 valence electrons. The molecule has 7 heteroatoms. The Kier molecular flexibility index (Phi) is 8.18. The number of fused-ring (bicyclic) bond motifs is 3. The van der Waals surface area contributed by atoms with E-state index in [2.05, 4.69) is 59.2 Å². The molecule has 0 saturated carbocycles. The molecule has 55 heavy (non-hydrogen) atoms.